The van der Waals surface area contributed by atoms with Crippen molar-refractivity contribution in [3.63, 3.8) is 0 Å². The van der Waals surface area contributed by atoms with Gasteiger partial charge < -0.3 is 10.4 Å². The molecule has 2 amide bonds. The van der Waals surface area contributed by atoms with Gasteiger partial charge in [0.25, 0.3) is 11.8 Å². The van der Waals surface area contributed by atoms with Crippen LogP contribution in [-0.2, 0) is 0 Å². The van der Waals surface area contributed by atoms with Crippen LogP contribution in [0.25, 0.3) is 10.4 Å². The summed E-state index contributed by atoms with van der Waals surface area (Å²) < 4.78 is 0. The van der Waals surface area contributed by atoms with Gasteiger partial charge in [-0.05, 0) is 36.8 Å². The van der Waals surface area contributed by atoms with Crippen molar-refractivity contribution in [3.05, 3.63) is 62.1 Å². The fourth-order valence-electron chi connectivity index (χ4n) is 2.37. The van der Waals surface area contributed by atoms with Gasteiger partial charge in [-0.3, -0.25) is 9.59 Å². The fraction of sp³-hybridized carbons (Fsp3) is 0.105. The third-order valence-corrected chi connectivity index (χ3v) is 6.22. The summed E-state index contributed by atoms with van der Waals surface area (Å²) in [6.07, 6.45) is 0. The molecule has 144 valence electrons. The third-order valence-electron chi connectivity index (χ3n) is 3.87. The first-order valence-corrected chi connectivity index (χ1v) is 10.2. The molecule has 0 spiro atoms. The molecule has 2 heterocycles. The van der Waals surface area contributed by atoms with Crippen molar-refractivity contribution in [2.45, 2.75) is 6.92 Å². The number of amides is 2. The predicted octanol–water partition coefficient (Wildman–Crippen LogP) is 4.35. The van der Waals surface area contributed by atoms with Crippen LogP contribution in [0.3, 0.4) is 0 Å². The summed E-state index contributed by atoms with van der Waals surface area (Å²) in [4.78, 5) is 25.3. The molecular weight excluding hydrogens is 418 g/mol. The monoisotopic (exact) mass is 433 g/mol. The molecule has 9 heteroatoms. The van der Waals surface area contributed by atoms with E-state index in [2.05, 4.69) is 15.8 Å². The molecule has 3 rings (SSSR count). The van der Waals surface area contributed by atoms with Gasteiger partial charge in [0.15, 0.2) is 0 Å². The van der Waals surface area contributed by atoms with E-state index in [9.17, 15) is 14.7 Å². The van der Waals surface area contributed by atoms with E-state index in [0.29, 0.717) is 30.9 Å². The summed E-state index contributed by atoms with van der Waals surface area (Å²) in [5, 5.41) is 19.5. The van der Waals surface area contributed by atoms with Crippen LogP contribution < -0.4 is 10.7 Å². The maximum atomic E-state index is 12.2. The van der Waals surface area contributed by atoms with Crippen LogP contribution in [0.5, 0.6) is 5.75 Å². The first kappa shape index (κ1) is 20.1. The molecule has 0 aliphatic carbocycles. The highest BCUT2D eigenvalue weighted by Gasteiger charge is 2.16. The topological polar surface area (TPSA) is 90.8 Å². The SMILES string of the molecule is CNC(=O)c1ccc(C(=O)NN=C(C)c2csc(-c3ccc(Cl)cc3)c2O)s1. The summed E-state index contributed by atoms with van der Waals surface area (Å²) in [5.41, 5.74) is 4.30. The van der Waals surface area contributed by atoms with Crippen LogP contribution in [0.1, 0.15) is 31.8 Å². The molecule has 3 N–H and O–H groups in total. The zero-order valence-electron chi connectivity index (χ0n) is 14.9. The molecule has 0 fully saturated rings. The number of rotatable bonds is 5. The van der Waals surface area contributed by atoms with Gasteiger partial charge in [-0.15, -0.1) is 22.7 Å². The van der Waals surface area contributed by atoms with Gasteiger partial charge in [0, 0.05) is 17.5 Å². The maximum absolute atomic E-state index is 12.2. The zero-order chi connectivity index (χ0) is 20.3. The number of benzene rings is 1. The first-order chi connectivity index (χ1) is 13.4. The second-order valence-electron chi connectivity index (χ2n) is 5.72. The Hall–Kier alpha value is -2.68. The molecule has 0 unspecified atom stereocenters. The van der Waals surface area contributed by atoms with Crippen LogP contribution in [0.2, 0.25) is 5.02 Å². The second-order valence-corrected chi connectivity index (χ2v) is 8.12. The minimum atomic E-state index is -0.424. The van der Waals surface area contributed by atoms with E-state index in [0.717, 1.165) is 16.9 Å². The van der Waals surface area contributed by atoms with Gasteiger partial charge in [0.2, 0.25) is 0 Å². The average molecular weight is 434 g/mol. The summed E-state index contributed by atoms with van der Waals surface area (Å²) in [6.45, 7) is 1.69. The Morgan fingerprint density at radius 2 is 1.71 bits per heavy atom. The molecule has 0 aliphatic heterocycles. The summed E-state index contributed by atoms with van der Waals surface area (Å²) in [6, 6.07) is 10.3. The number of thiophene rings is 2. The number of nitrogens with zero attached hydrogens (tertiary/aromatic N) is 1. The Morgan fingerprint density at radius 3 is 2.36 bits per heavy atom. The maximum Gasteiger partial charge on any atom is 0.281 e. The molecule has 0 aliphatic rings. The lowest BCUT2D eigenvalue weighted by molar-refractivity contribution is 0.0955. The largest absolute Gasteiger partial charge is 0.506 e. The van der Waals surface area contributed by atoms with Crippen LogP contribution in [0.15, 0.2) is 46.9 Å². The lowest BCUT2D eigenvalue weighted by Crippen LogP contribution is -2.18. The number of hydrogen-bond acceptors (Lipinski definition) is 6. The zero-order valence-corrected chi connectivity index (χ0v) is 17.3. The van der Waals surface area contributed by atoms with E-state index in [4.69, 9.17) is 11.6 Å². The third kappa shape index (κ3) is 4.24. The van der Waals surface area contributed by atoms with Crippen LogP contribution >= 0.6 is 34.3 Å². The van der Waals surface area contributed by atoms with Gasteiger partial charge in [-0.2, -0.15) is 5.10 Å². The highest BCUT2D eigenvalue weighted by Crippen LogP contribution is 2.39. The molecule has 3 aromatic rings. The Labute approximate surface area is 174 Å². The molecule has 0 bridgehead atoms. The Kier molecular flexibility index (Phi) is 6.13. The van der Waals surface area contributed by atoms with E-state index in [1.165, 1.54) is 18.4 Å². The van der Waals surface area contributed by atoms with Crippen LogP contribution in [0, 0.1) is 0 Å². The lowest BCUT2D eigenvalue weighted by atomic mass is 10.1. The molecular formula is C19H16ClN3O3S2. The van der Waals surface area contributed by atoms with Crippen molar-refractivity contribution < 1.29 is 14.7 Å². The highest BCUT2D eigenvalue weighted by molar-refractivity contribution is 7.16. The van der Waals surface area contributed by atoms with Crippen molar-refractivity contribution in [3.8, 4) is 16.2 Å². The molecule has 0 atom stereocenters. The molecule has 0 saturated heterocycles. The van der Waals surface area contributed by atoms with Crippen molar-refractivity contribution in [1.82, 2.24) is 10.7 Å². The number of carbonyl (C=O) groups excluding carboxylic acids is 2. The average Bonchev–Trinajstić information content (AvgIpc) is 3.33. The molecule has 0 radical (unpaired) electrons. The van der Waals surface area contributed by atoms with E-state index in [1.54, 1.807) is 36.6 Å². The Morgan fingerprint density at radius 1 is 1.07 bits per heavy atom. The lowest BCUT2D eigenvalue weighted by Gasteiger charge is -2.03. The van der Waals surface area contributed by atoms with Crippen molar-refractivity contribution in [2.75, 3.05) is 7.05 Å². The fourth-order valence-corrected chi connectivity index (χ4v) is 4.35. The molecule has 28 heavy (non-hydrogen) atoms. The standard InChI is InChI=1S/C19H16ClN3O3S2/c1-10(22-23-19(26)15-8-7-14(28-15)18(25)21-2)13-9-27-17(16(13)24)11-3-5-12(20)6-4-11/h3-9,24H,1-2H3,(H,21,25)(H,23,26). The molecule has 0 saturated carbocycles. The number of aromatic hydroxyl groups is 1. The number of hydrogen-bond donors (Lipinski definition) is 3. The van der Waals surface area contributed by atoms with E-state index in [1.807, 2.05) is 12.1 Å². The van der Waals surface area contributed by atoms with Crippen LogP contribution in [-0.4, -0.2) is 29.7 Å². The minimum absolute atomic E-state index is 0.0980. The quantitative estimate of drug-likeness (QED) is 0.412. The molecule has 6 nitrogen and oxygen atoms in total. The molecule has 1 aromatic carbocycles. The number of nitrogens with one attached hydrogen (secondary N) is 2. The van der Waals surface area contributed by atoms with Crippen molar-refractivity contribution >= 4 is 51.8 Å². The van der Waals surface area contributed by atoms with Gasteiger partial charge in [-0.25, -0.2) is 5.43 Å². The van der Waals surface area contributed by atoms with Gasteiger partial charge in [0.1, 0.15) is 5.75 Å². The molecule has 2 aromatic heterocycles. The van der Waals surface area contributed by atoms with Gasteiger partial charge in [0.05, 0.1) is 25.9 Å². The highest BCUT2D eigenvalue weighted by atomic mass is 35.5. The van der Waals surface area contributed by atoms with E-state index in [-0.39, 0.29) is 11.7 Å². The second kappa shape index (κ2) is 8.55. The minimum Gasteiger partial charge on any atom is -0.506 e. The van der Waals surface area contributed by atoms with Crippen LogP contribution in [0.4, 0.5) is 0 Å². The predicted molar refractivity (Wildman–Crippen MR) is 114 cm³/mol. The summed E-state index contributed by atoms with van der Waals surface area (Å²) in [5.74, 6) is -0.574. The Bertz CT molecular complexity index is 1050. The van der Waals surface area contributed by atoms with E-state index >= 15 is 0 Å². The summed E-state index contributed by atoms with van der Waals surface area (Å²) >= 11 is 8.35. The van der Waals surface area contributed by atoms with Crippen molar-refractivity contribution in [1.29, 1.82) is 0 Å². The van der Waals surface area contributed by atoms with Crippen molar-refractivity contribution in [2.24, 2.45) is 5.10 Å². The number of halogens is 1. The number of carbonyl (C=O) groups is 2. The number of hydrazone groups is 1. The normalized spacial score (nSPS) is 11.3. The van der Waals surface area contributed by atoms with Gasteiger partial charge >= 0.3 is 0 Å². The van der Waals surface area contributed by atoms with Gasteiger partial charge in [-0.1, -0.05) is 23.7 Å². The smallest absolute Gasteiger partial charge is 0.281 e. The first-order valence-electron chi connectivity index (χ1n) is 8.14. The summed E-state index contributed by atoms with van der Waals surface area (Å²) in [7, 11) is 1.53. The van der Waals surface area contributed by atoms with E-state index < -0.39 is 5.91 Å². The Balaban J connectivity index is 1.75.